The van der Waals surface area contributed by atoms with Crippen molar-refractivity contribution in [3.63, 3.8) is 0 Å². The highest BCUT2D eigenvalue weighted by atomic mass is 16.3. The molecule has 1 saturated carbocycles. The zero-order chi connectivity index (χ0) is 13.9. The molecule has 1 aromatic heterocycles. The molecule has 0 radical (unpaired) electrons. The summed E-state index contributed by atoms with van der Waals surface area (Å²) in [5.41, 5.74) is 2.23. The van der Waals surface area contributed by atoms with Crippen LogP contribution in [0.15, 0.2) is 24.3 Å². The quantitative estimate of drug-likeness (QED) is 0.901. The highest BCUT2D eigenvalue weighted by molar-refractivity contribution is 5.76. The van der Waals surface area contributed by atoms with E-state index >= 15 is 0 Å². The molecule has 108 valence electrons. The lowest BCUT2D eigenvalue weighted by molar-refractivity contribution is 0.0892. The third kappa shape index (κ3) is 2.47. The Morgan fingerprint density at radius 3 is 2.70 bits per heavy atom. The van der Waals surface area contributed by atoms with Crippen LogP contribution in [0.2, 0.25) is 0 Å². The van der Waals surface area contributed by atoms with Gasteiger partial charge in [0.15, 0.2) is 0 Å². The molecule has 2 unspecified atom stereocenters. The Balaban J connectivity index is 2.06. The smallest absolute Gasteiger partial charge is 0.109 e. The van der Waals surface area contributed by atoms with E-state index in [0.717, 1.165) is 37.0 Å². The number of imidazole rings is 1. The molecule has 1 aliphatic rings. The third-order valence-electron chi connectivity index (χ3n) is 4.51. The van der Waals surface area contributed by atoms with Crippen molar-refractivity contribution in [3.05, 3.63) is 30.1 Å². The van der Waals surface area contributed by atoms with Gasteiger partial charge >= 0.3 is 0 Å². The second kappa shape index (κ2) is 5.96. The maximum Gasteiger partial charge on any atom is 0.109 e. The molecule has 3 nitrogen and oxygen atoms in total. The largest absolute Gasteiger partial charge is 0.391 e. The molecular weight excluding hydrogens is 248 g/mol. The van der Waals surface area contributed by atoms with E-state index in [2.05, 4.69) is 29.7 Å². The first-order valence-corrected chi connectivity index (χ1v) is 7.95. The summed E-state index contributed by atoms with van der Waals surface area (Å²) in [7, 11) is 0. The number of para-hydroxylation sites is 2. The Bertz CT molecular complexity index is 575. The van der Waals surface area contributed by atoms with Gasteiger partial charge in [0.2, 0.25) is 0 Å². The Morgan fingerprint density at radius 1 is 1.15 bits per heavy atom. The minimum Gasteiger partial charge on any atom is -0.391 e. The lowest BCUT2D eigenvalue weighted by Gasteiger charge is -2.28. The molecule has 1 aromatic carbocycles. The summed E-state index contributed by atoms with van der Waals surface area (Å²) in [4.78, 5) is 4.75. The van der Waals surface area contributed by atoms with Crippen LogP contribution >= 0.6 is 0 Å². The molecule has 20 heavy (non-hydrogen) atoms. The fourth-order valence-electron chi connectivity index (χ4n) is 3.46. The van der Waals surface area contributed by atoms with E-state index in [0.29, 0.717) is 0 Å². The Kier molecular flexibility index (Phi) is 4.06. The number of fused-ring (bicyclic) bond motifs is 1. The van der Waals surface area contributed by atoms with Crippen LogP contribution in [-0.2, 0) is 6.42 Å². The summed E-state index contributed by atoms with van der Waals surface area (Å²) in [5.74, 6) is 1.11. The number of benzene rings is 1. The lowest BCUT2D eigenvalue weighted by Crippen LogP contribution is -2.26. The number of aromatic nitrogens is 2. The van der Waals surface area contributed by atoms with Gasteiger partial charge in [-0.1, -0.05) is 44.7 Å². The molecule has 0 saturated heterocycles. The molecular formula is C17H24N2O. The first kappa shape index (κ1) is 13.6. The molecule has 2 aromatic rings. The number of rotatable bonds is 2. The van der Waals surface area contributed by atoms with Crippen molar-refractivity contribution in [2.45, 2.75) is 64.0 Å². The summed E-state index contributed by atoms with van der Waals surface area (Å²) in [6.07, 6.45) is 7.56. The zero-order valence-corrected chi connectivity index (χ0v) is 12.3. The average Bonchev–Trinajstić information content (AvgIpc) is 2.82. The minimum absolute atomic E-state index is 0.192. The van der Waals surface area contributed by atoms with Gasteiger partial charge in [0.25, 0.3) is 0 Å². The minimum atomic E-state index is -0.238. The van der Waals surface area contributed by atoms with Gasteiger partial charge in [-0.25, -0.2) is 4.98 Å². The number of aliphatic hydroxyl groups is 1. The number of hydrogen-bond donors (Lipinski definition) is 1. The number of aryl methyl sites for hydroxylation is 1. The van der Waals surface area contributed by atoms with Gasteiger partial charge in [0.1, 0.15) is 5.82 Å². The van der Waals surface area contributed by atoms with E-state index in [1.807, 2.05) is 6.07 Å². The van der Waals surface area contributed by atoms with E-state index in [1.54, 1.807) is 0 Å². The van der Waals surface area contributed by atoms with E-state index in [9.17, 15) is 5.11 Å². The first-order chi connectivity index (χ1) is 9.81. The lowest BCUT2D eigenvalue weighted by atomic mass is 9.94. The molecule has 0 spiro atoms. The zero-order valence-electron chi connectivity index (χ0n) is 12.3. The van der Waals surface area contributed by atoms with Crippen molar-refractivity contribution in [3.8, 4) is 0 Å². The van der Waals surface area contributed by atoms with Gasteiger partial charge < -0.3 is 9.67 Å². The molecule has 1 heterocycles. The van der Waals surface area contributed by atoms with Crippen molar-refractivity contribution in [1.29, 1.82) is 0 Å². The Hall–Kier alpha value is -1.35. The summed E-state index contributed by atoms with van der Waals surface area (Å²) >= 11 is 0. The fourth-order valence-corrected chi connectivity index (χ4v) is 3.46. The second-order valence-corrected chi connectivity index (χ2v) is 5.87. The number of aliphatic hydroxyl groups excluding tert-OH is 1. The van der Waals surface area contributed by atoms with Gasteiger partial charge in [-0.15, -0.1) is 0 Å². The van der Waals surface area contributed by atoms with E-state index in [1.165, 1.54) is 24.8 Å². The van der Waals surface area contributed by atoms with Crippen LogP contribution in [0.4, 0.5) is 0 Å². The van der Waals surface area contributed by atoms with Gasteiger partial charge in [-0.2, -0.15) is 0 Å². The van der Waals surface area contributed by atoms with Crippen molar-refractivity contribution in [2.24, 2.45) is 0 Å². The molecule has 0 aliphatic heterocycles. The number of hydrogen-bond acceptors (Lipinski definition) is 2. The molecule has 0 amide bonds. The van der Waals surface area contributed by atoms with Gasteiger partial charge in [-0.3, -0.25) is 0 Å². The molecule has 1 aliphatic carbocycles. The maximum absolute atomic E-state index is 10.6. The van der Waals surface area contributed by atoms with Crippen LogP contribution in [0.1, 0.15) is 57.3 Å². The average molecular weight is 272 g/mol. The molecule has 0 bridgehead atoms. The summed E-state index contributed by atoms with van der Waals surface area (Å²) in [6, 6.07) is 8.49. The van der Waals surface area contributed by atoms with Gasteiger partial charge in [-0.05, 0) is 25.0 Å². The third-order valence-corrected chi connectivity index (χ3v) is 4.51. The summed E-state index contributed by atoms with van der Waals surface area (Å²) in [6.45, 7) is 2.15. The fraction of sp³-hybridized carbons (Fsp3) is 0.588. The molecule has 1 fully saturated rings. The molecule has 1 N–H and O–H groups in total. The van der Waals surface area contributed by atoms with Gasteiger partial charge in [0.05, 0.1) is 23.2 Å². The monoisotopic (exact) mass is 272 g/mol. The summed E-state index contributed by atoms with van der Waals surface area (Å²) < 4.78 is 2.31. The van der Waals surface area contributed by atoms with Crippen LogP contribution in [0.25, 0.3) is 11.0 Å². The second-order valence-electron chi connectivity index (χ2n) is 5.87. The van der Waals surface area contributed by atoms with Gasteiger partial charge in [0, 0.05) is 6.42 Å². The van der Waals surface area contributed by atoms with Crippen molar-refractivity contribution in [1.82, 2.24) is 9.55 Å². The Labute approximate surface area is 120 Å². The predicted molar refractivity (Wildman–Crippen MR) is 81.9 cm³/mol. The Morgan fingerprint density at radius 2 is 1.90 bits per heavy atom. The van der Waals surface area contributed by atoms with E-state index in [4.69, 9.17) is 4.98 Å². The highest BCUT2D eigenvalue weighted by Gasteiger charge is 2.25. The van der Waals surface area contributed by atoms with Crippen LogP contribution in [0.5, 0.6) is 0 Å². The normalized spacial score (nSPS) is 24.5. The topological polar surface area (TPSA) is 38.0 Å². The van der Waals surface area contributed by atoms with Crippen molar-refractivity contribution in [2.75, 3.05) is 0 Å². The first-order valence-electron chi connectivity index (χ1n) is 7.95. The predicted octanol–water partition coefficient (Wildman–Crippen LogP) is 3.85. The van der Waals surface area contributed by atoms with Crippen LogP contribution in [0, 0.1) is 0 Å². The SMILES string of the molecule is CCc1nc2ccccc2n1C1CCCCCCC1O. The summed E-state index contributed by atoms with van der Waals surface area (Å²) in [5, 5.41) is 10.6. The molecule has 3 rings (SSSR count). The van der Waals surface area contributed by atoms with E-state index in [-0.39, 0.29) is 12.1 Å². The van der Waals surface area contributed by atoms with Crippen LogP contribution in [-0.4, -0.2) is 20.8 Å². The standard InChI is InChI=1S/C17H24N2O/c1-2-17-18-13-9-7-8-10-14(13)19(17)15-11-5-3-4-6-12-16(15)20/h7-10,15-16,20H,2-6,11-12H2,1H3. The van der Waals surface area contributed by atoms with Crippen LogP contribution in [0.3, 0.4) is 0 Å². The van der Waals surface area contributed by atoms with Crippen LogP contribution < -0.4 is 0 Å². The maximum atomic E-state index is 10.6. The van der Waals surface area contributed by atoms with Crippen molar-refractivity contribution >= 4 is 11.0 Å². The van der Waals surface area contributed by atoms with Crippen molar-refractivity contribution < 1.29 is 5.11 Å². The highest BCUT2D eigenvalue weighted by Crippen LogP contribution is 2.31. The number of nitrogens with zero attached hydrogens (tertiary/aromatic N) is 2. The molecule has 2 atom stereocenters. The van der Waals surface area contributed by atoms with E-state index < -0.39 is 0 Å². The molecule has 3 heteroatoms.